The third-order valence-corrected chi connectivity index (χ3v) is 9.44. The minimum absolute atomic E-state index is 0.176. The van der Waals surface area contributed by atoms with Crippen molar-refractivity contribution in [1.82, 2.24) is 0 Å². The number of unbranched alkanes of at least 4 members (excludes halogenated alkanes) is 26. The largest absolute Gasteiger partial charge is 0.457 e. The van der Waals surface area contributed by atoms with Crippen LogP contribution < -0.4 is 0 Å². The zero-order chi connectivity index (χ0) is 35.6. The van der Waals surface area contributed by atoms with Gasteiger partial charge in [0.2, 0.25) is 0 Å². The Morgan fingerprint density at radius 3 is 1.33 bits per heavy atom. The molecule has 0 saturated carbocycles. The first-order valence-corrected chi connectivity index (χ1v) is 21.6. The fourth-order valence-electron chi connectivity index (χ4n) is 6.18. The number of ether oxygens (including phenoxy) is 2. The van der Waals surface area contributed by atoms with Crippen LogP contribution in [0.3, 0.4) is 0 Å². The summed E-state index contributed by atoms with van der Waals surface area (Å²) in [5.41, 5.74) is 0. The molecule has 0 aromatic carbocycles. The molecule has 0 fully saturated rings. The molecule has 49 heavy (non-hydrogen) atoms. The highest BCUT2D eigenvalue weighted by Crippen LogP contribution is 2.14. The summed E-state index contributed by atoms with van der Waals surface area (Å²) >= 11 is 0. The van der Waals surface area contributed by atoms with Crippen molar-refractivity contribution in [2.75, 3.05) is 19.8 Å². The lowest BCUT2D eigenvalue weighted by Gasteiger charge is -2.15. The summed E-state index contributed by atoms with van der Waals surface area (Å²) in [5.74, 6) is -0.205. The number of rotatable bonds is 40. The molecule has 0 aliphatic rings. The summed E-state index contributed by atoms with van der Waals surface area (Å²) in [6.07, 6.45) is 53.4. The fourth-order valence-corrected chi connectivity index (χ4v) is 6.18. The predicted octanol–water partition coefficient (Wildman–Crippen LogP) is 14.1. The Bertz CT molecular complexity index is 728. The van der Waals surface area contributed by atoms with Crippen LogP contribution >= 0.6 is 0 Å². The number of carbonyl (C=O) groups is 1. The first kappa shape index (κ1) is 47.6. The number of aliphatic hydroxyl groups excluding tert-OH is 1. The van der Waals surface area contributed by atoms with Gasteiger partial charge in [-0.3, -0.25) is 4.79 Å². The van der Waals surface area contributed by atoms with E-state index >= 15 is 0 Å². The van der Waals surface area contributed by atoms with Gasteiger partial charge in [-0.05, 0) is 70.6 Å². The Morgan fingerprint density at radius 2 is 0.857 bits per heavy atom. The van der Waals surface area contributed by atoms with Crippen molar-refractivity contribution in [3.8, 4) is 0 Å². The molecule has 1 unspecified atom stereocenters. The molecule has 1 atom stereocenters. The van der Waals surface area contributed by atoms with E-state index in [0.717, 1.165) is 25.7 Å². The van der Waals surface area contributed by atoms with Gasteiger partial charge in [0.05, 0.1) is 13.2 Å². The van der Waals surface area contributed by atoms with Crippen LogP contribution in [0.25, 0.3) is 0 Å². The predicted molar refractivity (Wildman–Crippen MR) is 214 cm³/mol. The second-order valence-electron chi connectivity index (χ2n) is 14.4. The molecule has 0 aliphatic carbocycles. The van der Waals surface area contributed by atoms with E-state index in [9.17, 15) is 9.90 Å². The van der Waals surface area contributed by atoms with Crippen molar-refractivity contribution < 1.29 is 19.4 Å². The van der Waals surface area contributed by atoms with Crippen LogP contribution in [0, 0.1) is 0 Å². The molecule has 1 N–H and O–H groups in total. The van der Waals surface area contributed by atoms with Gasteiger partial charge < -0.3 is 14.6 Å². The molecule has 4 nitrogen and oxygen atoms in total. The Labute approximate surface area is 306 Å². The lowest BCUT2D eigenvalue weighted by Crippen LogP contribution is -2.27. The quantitative estimate of drug-likeness (QED) is 0.0395. The van der Waals surface area contributed by atoms with Crippen molar-refractivity contribution in [1.29, 1.82) is 0 Å². The maximum atomic E-state index is 12.2. The molecule has 0 aromatic rings. The van der Waals surface area contributed by atoms with Gasteiger partial charge in [-0.1, -0.05) is 179 Å². The van der Waals surface area contributed by atoms with Crippen LogP contribution in [-0.2, 0) is 14.3 Å². The summed E-state index contributed by atoms with van der Waals surface area (Å²) in [4.78, 5) is 12.2. The molecule has 0 bridgehead atoms. The Balaban J connectivity index is 3.43. The first-order valence-electron chi connectivity index (χ1n) is 21.6. The molecule has 4 heteroatoms. The van der Waals surface area contributed by atoms with Gasteiger partial charge in [-0.2, -0.15) is 0 Å². The molecule has 288 valence electrons. The standard InChI is InChI=1S/C45H84O4/c1-3-5-7-9-11-13-15-17-19-21-22-23-24-25-26-28-30-32-34-36-38-40-45(47)49-44(42-46)43-48-41-39-37-35-33-31-29-27-20-18-16-14-12-10-8-6-4-2/h12,14,18,20-22,44,46H,3-11,13,15-17,19,23-43H2,1-2H3/b14-12-,20-18-,22-21-. The highest BCUT2D eigenvalue weighted by Gasteiger charge is 2.13. The van der Waals surface area contributed by atoms with Crippen molar-refractivity contribution in [2.24, 2.45) is 0 Å². The van der Waals surface area contributed by atoms with Crippen molar-refractivity contribution in [3.63, 3.8) is 0 Å². The van der Waals surface area contributed by atoms with E-state index in [1.165, 1.54) is 173 Å². The van der Waals surface area contributed by atoms with Crippen LogP contribution in [0.1, 0.15) is 219 Å². The van der Waals surface area contributed by atoms with Gasteiger partial charge in [-0.25, -0.2) is 0 Å². The van der Waals surface area contributed by atoms with E-state index in [1.807, 2.05) is 0 Å². The topological polar surface area (TPSA) is 55.8 Å². The van der Waals surface area contributed by atoms with Crippen LogP contribution in [0.15, 0.2) is 36.5 Å². The van der Waals surface area contributed by atoms with Gasteiger partial charge in [0.15, 0.2) is 0 Å². The average Bonchev–Trinajstić information content (AvgIpc) is 3.11. The van der Waals surface area contributed by atoms with E-state index in [0.29, 0.717) is 13.0 Å². The number of aliphatic hydroxyl groups is 1. The molecule has 0 radical (unpaired) electrons. The summed E-state index contributed by atoms with van der Waals surface area (Å²) in [6.45, 7) is 5.32. The smallest absolute Gasteiger partial charge is 0.306 e. The molecular weight excluding hydrogens is 604 g/mol. The molecule has 0 aliphatic heterocycles. The van der Waals surface area contributed by atoms with Crippen LogP contribution in [0.5, 0.6) is 0 Å². The Kier molecular flexibility index (Phi) is 41.6. The van der Waals surface area contributed by atoms with Crippen LogP contribution in [-0.4, -0.2) is 37.0 Å². The number of hydrogen-bond acceptors (Lipinski definition) is 4. The molecular formula is C45H84O4. The van der Waals surface area contributed by atoms with E-state index in [2.05, 4.69) is 50.3 Å². The van der Waals surface area contributed by atoms with Crippen LogP contribution in [0.4, 0.5) is 0 Å². The SMILES string of the molecule is CCCCC/C=C\C/C=C\CCCCCCCCOCC(CO)OC(=O)CCCCCCCCCCC/C=C\CCCCCCCCCC. The molecule has 0 spiro atoms. The highest BCUT2D eigenvalue weighted by molar-refractivity contribution is 5.69. The molecule has 0 saturated heterocycles. The summed E-state index contributed by atoms with van der Waals surface area (Å²) in [6, 6.07) is 0. The lowest BCUT2D eigenvalue weighted by atomic mass is 10.1. The summed E-state index contributed by atoms with van der Waals surface area (Å²) < 4.78 is 11.2. The fraction of sp³-hybridized carbons (Fsp3) is 0.844. The van der Waals surface area contributed by atoms with Gasteiger partial charge in [-0.15, -0.1) is 0 Å². The third-order valence-electron chi connectivity index (χ3n) is 9.44. The number of carbonyl (C=O) groups excluding carboxylic acids is 1. The molecule has 0 rings (SSSR count). The van der Waals surface area contributed by atoms with Crippen molar-refractivity contribution in [2.45, 2.75) is 225 Å². The molecule has 0 heterocycles. The number of hydrogen-bond donors (Lipinski definition) is 1. The Hall–Kier alpha value is -1.39. The monoisotopic (exact) mass is 689 g/mol. The van der Waals surface area contributed by atoms with E-state index < -0.39 is 6.10 Å². The normalized spacial score (nSPS) is 12.6. The molecule has 0 aromatic heterocycles. The zero-order valence-electron chi connectivity index (χ0n) is 33.0. The highest BCUT2D eigenvalue weighted by atomic mass is 16.6. The minimum atomic E-state index is -0.539. The summed E-state index contributed by atoms with van der Waals surface area (Å²) in [7, 11) is 0. The van der Waals surface area contributed by atoms with Gasteiger partial charge in [0.25, 0.3) is 0 Å². The summed E-state index contributed by atoms with van der Waals surface area (Å²) in [5, 5.41) is 9.60. The second kappa shape index (κ2) is 42.8. The lowest BCUT2D eigenvalue weighted by molar-refractivity contribution is -0.154. The first-order chi connectivity index (χ1) is 24.2. The maximum absolute atomic E-state index is 12.2. The average molecular weight is 689 g/mol. The number of allylic oxidation sites excluding steroid dienone is 6. The molecule has 0 amide bonds. The van der Waals surface area contributed by atoms with Crippen LogP contribution in [0.2, 0.25) is 0 Å². The third kappa shape index (κ3) is 40.9. The Morgan fingerprint density at radius 1 is 0.490 bits per heavy atom. The second-order valence-corrected chi connectivity index (χ2v) is 14.4. The van der Waals surface area contributed by atoms with Crippen molar-refractivity contribution >= 4 is 5.97 Å². The minimum Gasteiger partial charge on any atom is -0.457 e. The van der Waals surface area contributed by atoms with Gasteiger partial charge >= 0.3 is 5.97 Å². The van der Waals surface area contributed by atoms with Gasteiger partial charge in [0.1, 0.15) is 6.10 Å². The number of esters is 1. The van der Waals surface area contributed by atoms with Gasteiger partial charge in [0, 0.05) is 13.0 Å². The zero-order valence-corrected chi connectivity index (χ0v) is 33.0. The van der Waals surface area contributed by atoms with Crippen molar-refractivity contribution in [3.05, 3.63) is 36.5 Å². The van der Waals surface area contributed by atoms with E-state index in [-0.39, 0.29) is 19.2 Å². The van der Waals surface area contributed by atoms with E-state index in [4.69, 9.17) is 9.47 Å². The maximum Gasteiger partial charge on any atom is 0.306 e. The van der Waals surface area contributed by atoms with E-state index in [1.54, 1.807) is 0 Å².